The van der Waals surface area contributed by atoms with Gasteiger partial charge in [-0.2, -0.15) is 0 Å². The van der Waals surface area contributed by atoms with Gasteiger partial charge in [-0.25, -0.2) is 0 Å². The van der Waals surface area contributed by atoms with Crippen LogP contribution in [0.15, 0.2) is 0 Å². The Morgan fingerprint density at radius 3 is 2.81 bits per heavy atom. The van der Waals surface area contributed by atoms with Gasteiger partial charge in [-0.15, -0.1) is 0 Å². The van der Waals surface area contributed by atoms with Gasteiger partial charge in [-0.05, 0) is 63.7 Å². The third-order valence-corrected chi connectivity index (χ3v) is 4.67. The lowest BCUT2D eigenvalue weighted by Gasteiger charge is -2.38. The molecule has 2 heteroatoms. The topological polar surface area (TPSA) is 15.3 Å². The van der Waals surface area contributed by atoms with Gasteiger partial charge < -0.3 is 10.2 Å². The van der Waals surface area contributed by atoms with E-state index in [-0.39, 0.29) is 0 Å². The highest BCUT2D eigenvalue weighted by Gasteiger charge is 2.28. The summed E-state index contributed by atoms with van der Waals surface area (Å²) in [7, 11) is 0. The monoisotopic (exact) mass is 224 g/mol. The van der Waals surface area contributed by atoms with Crippen LogP contribution in [-0.4, -0.2) is 37.1 Å². The number of rotatable bonds is 2. The molecule has 2 aliphatic heterocycles. The fraction of sp³-hybridized carbons (Fsp3) is 1.00. The number of hydrogen-bond acceptors (Lipinski definition) is 2. The van der Waals surface area contributed by atoms with Crippen LogP contribution in [0.3, 0.4) is 0 Å². The predicted octanol–water partition coefficient (Wildman–Crippen LogP) is 2.50. The molecule has 0 spiro atoms. The van der Waals surface area contributed by atoms with Crippen molar-refractivity contribution < 1.29 is 0 Å². The normalized spacial score (nSPS) is 38.2. The Labute approximate surface area is 101 Å². The average Bonchev–Trinajstić information content (AvgIpc) is 2.55. The van der Waals surface area contributed by atoms with E-state index < -0.39 is 0 Å². The summed E-state index contributed by atoms with van der Waals surface area (Å²) in [5.41, 5.74) is 0. The highest BCUT2D eigenvalue weighted by molar-refractivity contribution is 4.84. The largest absolute Gasteiger partial charge is 0.316 e. The lowest BCUT2D eigenvalue weighted by atomic mass is 9.93. The fourth-order valence-electron chi connectivity index (χ4n) is 3.47. The first-order valence-electron chi connectivity index (χ1n) is 7.26. The highest BCUT2D eigenvalue weighted by Crippen LogP contribution is 2.25. The molecule has 2 fully saturated rings. The first-order chi connectivity index (χ1) is 7.81. The van der Waals surface area contributed by atoms with Crippen molar-refractivity contribution in [3.63, 3.8) is 0 Å². The van der Waals surface area contributed by atoms with Gasteiger partial charge in [-0.1, -0.05) is 20.3 Å². The summed E-state index contributed by atoms with van der Waals surface area (Å²) in [4.78, 5) is 2.79. The average molecular weight is 224 g/mol. The number of likely N-dealkylation sites (tertiary alicyclic amines) is 1. The number of hydrogen-bond donors (Lipinski definition) is 1. The van der Waals surface area contributed by atoms with Crippen LogP contribution in [0.2, 0.25) is 0 Å². The molecule has 2 nitrogen and oxygen atoms in total. The van der Waals surface area contributed by atoms with Gasteiger partial charge in [0.2, 0.25) is 0 Å². The molecule has 1 N–H and O–H groups in total. The molecule has 3 unspecified atom stereocenters. The van der Waals surface area contributed by atoms with E-state index in [1.165, 1.54) is 58.3 Å². The summed E-state index contributed by atoms with van der Waals surface area (Å²) in [6.07, 6.45) is 7.07. The quantitative estimate of drug-likeness (QED) is 0.775. The van der Waals surface area contributed by atoms with E-state index in [2.05, 4.69) is 24.1 Å². The molecular formula is C14H28N2. The number of piperidine rings is 1. The maximum Gasteiger partial charge on any atom is 0.0145 e. The van der Waals surface area contributed by atoms with Crippen LogP contribution >= 0.6 is 0 Å². The summed E-state index contributed by atoms with van der Waals surface area (Å²) >= 11 is 0. The van der Waals surface area contributed by atoms with Crippen molar-refractivity contribution in [2.24, 2.45) is 11.8 Å². The standard InChI is InChI=1S/C14H28N2/c1-3-13-5-4-9-16(10-7-13)14-6-8-15-11-12(14)2/h12-15H,3-11H2,1-2H3. The Bertz CT molecular complexity index is 205. The third kappa shape index (κ3) is 2.98. The summed E-state index contributed by atoms with van der Waals surface area (Å²) in [5, 5.41) is 3.51. The Hall–Kier alpha value is -0.0800. The Kier molecular flexibility index (Phi) is 4.66. The Morgan fingerprint density at radius 2 is 2.06 bits per heavy atom. The van der Waals surface area contributed by atoms with E-state index in [0.717, 1.165) is 17.9 Å². The van der Waals surface area contributed by atoms with Crippen LogP contribution in [0, 0.1) is 11.8 Å². The van der Waals surface area contributed by atoms with Crippen LogP contribution in [0.5, 0.6) is 0 Å². The predicted molar refractivity (Wildman–Crippen MR) is 69.6 cm³/mol. The number of nitrogens with one attached hydrogen (secondary N) is 1. The van der Waals surface area contributed by atoms with Gasteiger partial charge in [0.1, 0.15) is 0 Å². The molecule has 16 heavy (non-hydrogen) atoms. The molecule has 94 valence electrons. The SMILES string of the molecule is CCC1CCCN(C2CCNCC2C)CC1. The molecule has 0 aliphatic carbocycles. The lowest BCUT2D eigenvalue weighted by molar-refractivity contribution is 0.123. The third-order valence-electron chi connectivity index (χ3n) is 4.67. The lowest BCUT2D eigenvalue weighted by Crippen LogP contribution is -2.49. The maximum atomic E-state index is 3.51. The first-order valence-corrected chi connectivity index (χ1v) is 7.26. The minimum absolute atomic E-state index is 0.840. The summed E-state index contributed by atoms with van der Waals surface area (Å²) in [6.45, 7) is 9.92. The summed E-state index contributed by atoms with van der Waals surface area (Å²) < 4.78 is 0. The fourth-order valence-corrected chi connectivity index (χ4v) is 3.47. The van der Waals surface area contributed by atoms with Gasteiger partial charge in [0, 0.05) is 6.04 Å². The van der Waals surface area contributed by atoms with Crippen molar-refractivity contribution >= 4 is 0 Å². The van der Waals surface area contributed by atoms with Gasteiger partial charge in [0.25, 0.3) is 0 Å². The van der Waals surface area contributed by atoms with Crippen molar-refractivity contribution in [1.29, 1.82) is 0 Å². The zero-order valence-corrected chi connectivity index (χ0v) is 11.0. The second-order valence-corrected chi connectivity index (χ2v) is 5.78. The van der Waals surface area contributed by atoms with Gasteiger partial charge in [-0.3, -0.25) is 0 Å². The van der Waals surface area contributed by atoms with Crippen molar-refractivity contribution in [3.8, 4) is 0 Å². The Morgan fingerprint density at radius 1 is 1.19 bits per heavy atom. The molecule has 0 saturated carbocycles. The number of nitrogens with zero attached hydrogens (tertiary/aromatic N) is 1. The molecule has 0 aromatic rings. The molecule has 2 saturated heterocycles. The van der Waals surface area contributed by atoms with E-state index in [4.69, 9.17) is 0 Å². The molecule has 0 aromatic carbocycles. The molecule has 3 atom stereocenters. The Balaban J connectivity index is 1.88. The summed E-state index contributed by atoms with van der Waals surface area (Å²) in [6, 6.07) is 0.858. The zero-order valence-electron chi connectivity index (χ0n) is 11.0. The molecule has 2 rings (SSSR count). The van der Waals surface area contributed by atoms with Crippen molar-refractivity contribution in [3.05, 3.63) is 0 Å². The van der Waals surface area contributed by atoms with Crippen LogP contribution in [-0.2, 0) is 0 Å². The molecule has 2 aliphatic rings. The molecule has 0 amide bonds. The minimum Gasteiger partial charge on any atom is -0.316 e. The van der Waals surface area contributed by atoms with Gasteiger partial charge >= 0.3 is 0 Å². The van der Waals surface area contributed by atoms with Crippen LogP contribution in [0.1, 0.15) is 46.0 Å². The van der Waals surface area contributed by atoms with E-state index in [0.29, 0.717) is 0 Å². The van der Waals surface area contributed by atoms with Crippen LogP contribution < -0.4 is 5.32 Å². The second-order valence-electron chi connectivity index (χ2n) is 5.78. The minimum atomic E-state index is 0.840. The molecular weight excluding hydrogens is 196 g/mol. The van der Waals surface area contributed by atoms with E-state index in [1.807, 2.05) is 0 Å². The van der Waals surface area contributed by atoms with E-state index >= 15 is 0 Å². The molecule has 0 aromatic heterocycles. The van der Waals surface area contributed by atoms with E-state index in [1.54, 1.807) is 0 Å². The van der Waals surface area contributed by atoms with Crippen LogP contribution in [0.25, 0.3) is 0 Å². The van der Waals surface area contributed by atoms with Crippen molar-refractivity contribution in [2.45, 2.75) is 52.0 Å². The zero-order chi connectivity index (χ0) is 11.4. The second kappa shape index (κ2) is 6.02. The highest BCUT2D eigenvalue weighted by atomic mass is 15.2. The van der Waals surface area contributed by atoms with Crippen molar-refractivity contribution in [1.82, 2.24) is 10.2 Å². The van der Waals surface area contributed by atoms with Gasteiger partial charge in [0.05, 0.1) is 0 Å². The van der Waals surface area contributed by atoms with Gasteiger partial charge in [0.15, 0.2) is 0 Å². The first kappa shape index (κ1) is 12.4. The van der Waals surface area contributed by atoms with Crippen molar-refractivity contribution in [2.75, 3.05) is 26.2 Å². The summed E-state index contributed by atoms with van der Waals surface area (Å²) in [5.74, 6) is 1.84. The smallest absolute Gasteiger partial charge is 0.0145 e. The van der Waals surface area contributed by atoms with E-state index in [9.17, 15) is 0 Å². The molecule has 0 bridgehead atoms. The maximum absolute atomic E-state index is 3.51. The molecule has 2 heterocycles. The van der Waals surface area contributed by atoms with Crippen LogP contribution in [0.4, 0.5) is 0 Å². The molecule has 0 radical (unpaired) electrons.